The number of hydrogen-bond donors (Lipinski definition) is 3. The van der Waals surface area contributed by atoms with Gasteiger partial charge in [0.1, 0.15) is 0 Å². The van der Waals surface area contributed by atoms with Gasteiger partial charge in [-0.05, 0) is 12.8 Å². The smallest absolute Gasteiger partial charge is 0.311 e. The number of H-pyrrole nitrogens is 1. The van der Waals surface area contributed by atoms with E-state index in [1.807, 2.05) is 0 Å². The van der Waals surface area contributed by atoms with Crippen molar-refractivity contribution < 1.29 is 9.90 Å². The molecular weight excluding hydrogens is 246 g/mol. The average molecular weight is 265 g/mol. The number of hydrogen-bond acceptors (Lipinski definition) is 4. The molecule has 0 atom stereocenters. The molecule has 0 amide bonds. The first kappa shape index (κ1) is 13.6. The zero-order valence-corrected chi connectivity index (χ0v) is 10.8. The van der Waals surface area contributed by atoms with E-state index in [9.17, 15) is 14.7 Å². The Morgan fingerprint density at radius 3 is 2.63 bits per heavy atom. The molecular formula is C13H19N3O3. The highest BCUT2D eigenvalue weighted by atomic mass is 16.4. The maximum absolute atomic E-state index is 11.6. The van der Waals surface area contributed by atoms with E-state index in [0.717, 1.165) is 25.7 Å². The molecule has 0 aromatic carbocycles. The van der Waals surface area contributed by atoms with E-state index in [1.54, 1.807) is 0 Å². The number of carboxylic acid groups (broad SMARTS) is 1. The van der Waals surface area contributed by atoms with E-state index in [4.69, 9.17) is 0 Å². The van der Waals surface area contributed by atoms with Crippen LogP contribution in [-0.2, 0) is 4.79 Å². The van der Waals surface area contributed by atoms with Crippen LogP contribution in [0.1, 0.15) is 38.5 Å². The molecule has 1 aromatic rings. The highest BCUT2D eigenvalue weighted by molar-refractivity contribution is 5.75. The molecule has 0 unspecified atom stereocenters. The van der Waals surface area contributed by atoms with Crippen molar-refractivity contribution in [1.29, 1.82) is 0 Å². The van der Waals surface area contributed by atoms with Crippen molar-refractivity contribution in [2.24, 2.45) is 5.41 Å². The van der Waals surface area contributed by atoms with Crippen molar-refractivity contribution in [3.63, 3.8) is 0 Å². The predicted molar refractivity (Wildman–Crippen MR) is 71.1 cm³/mol. The van der Waals surface area contributed by atoms with Gasteiger partial charge in [0.2, 0.25) is 0 Å². The third-order valence-corrected chi connectivity index (χ3v) is 3.82. The maximum Gasteiger partial charge on any atom is 0.311 e. The van der Waals surface area contributed by atoms with Crippen molar-refractivity contribution in [2.45, 2.75) is 38.5 Å². The van der Waals surface area contributed by atoms with Crippen LogP contribution in [0.2, 0.25) is 0 Å². The van der Waals surface area contributed by atoms with E-state index in [0.29, 0.717) is 12.8 Å². The topological polar surface area (TPSA) is 95.1 Å². The molecule has 3 N–H and O–H groups in total. The van der Waals surface area contributed by atoms with Crippen LogP contribution in [0.3, 0.4) is 0 Å². The Hall–Kier alpha value is -1.85. The van der Waals surface area contributed by atoms with Crippen LogP contribution in [0.4, 0.5) is 5.82 Å². The normalized spacial score (nSPS) is 18.5. The number of anilines is 1. The van der Waals surface area contributed by atoms with Crippen LogP contribution < -0.4 is 10.9 Å². The van der Waals surface area contributed by atoms with E-state index in [2.05, 4.69) is 15.3 Å². The molecule has 0 spiro atoms. The largest absolute Gasteiger partial charge is 0.481 e. The lowest BCUT2D eigenvalue weighted by Gasteiger charge is -2.28. The highest BCUT2D eigenvalue weighted by Crippen LogP contribution is 2.35. The molecule has 1 fully saturated rings. The Balaban J connectivity index is 2.11. The third-order valence-electron chi connectivity index (χ3n) is 3.82. The van der Waals surface area contributed by atoms with E-state index in [1.165, 1.54) is 12.4 Å². The molecule has 6 nitrogen and oxygen atoms in total. The van der Waals surface area contributed by atoms with E-state index < -0.39 is 11.4 Å². The van der Waals surface area contributed by atoms with Gasteiger partial charge in [0, 0.05) is 18.9 Å². The van der Waals surface area contributed by atoms with Gasteiger partial charge in [-0.25, -0.2) is 4.98 Å². The molecule has 6 heteroatoms. The summed E-state index contributed by atoms with van der Waals surface area (Å²) in [6, 6.07) is 0. The van der Waals surface area contributed by atoms with Crippen molar-refractivity contribution in [3.05, 3.63) is 22.7 Å². The SMILES string of the molecule is O=C(O)C1(CNc2ncc[nH]c2=O)CCCCCC1. The minimum absolute atomic E-state index is 0.187. The molecule has 104 valence electrons. The lowest BCUT2D eigenvalue weighted by Crippen LogP contribution is -2.38. The number of nitrogens with one attached hydrogen (secondary N) is 2. The van der Waals surface area contributed by atoms with Gasteiger partial charge < -0.3 is 15.4 Å². The molecule has 0 bridgehead atoms. The van der Waals surface area contributed by atoms with Gasteiger partial charge in [0.05, 0.1) is 5.41 Å². The van der Waals surface area contributed by atoms with E-state index in [-0.39, 0.29) is 17.9 Å². The fourth-order valence-electron chi connectivity index (χ4n) is 2.60. The number of carboxylic acids is 1. The monoisotopic (exact) mass is 265 g/mol. The third kappa shape index (κ3) is 3.13. The van der Waals surface area contributed by atoms with Crippen LogP contribution >= 0.6 is 0 Å². The predicted octanol–water partition coefficient (Wildman–Crippen LogP) is 1.61. The van der Waals surface area contributed by atoms with Crippen LogP contribution in [0, 0.1) is 5.41 Å². The quantitative estimate of drug-likeness (QED) is 0.719. The first-order valence-corrected chi connectivity index (χ1v) is 6.65. The average Bonchev–Trinajstić information content (AvgIpc) is 2.64. The number of aromatic amines is 1. The standard InChI is InChI=1S/C13H19N3O3/c17-11-10(14-7-8-15-11)16-9-13(12(18)19)5-3-1-2-4-6-13/h7-8H,1-6,9H2,(H,14,16)(H,15,17)(H,18,19). The van der Waals surface area contributed by atoms with Gasteiger partial charge in [-0.1, -0.05) is 25.7 Å². The summed E-state index contributed by atoms with van der Waals surface area (Å²) in [6.45, 7) is 0.252. The molecule has 1 aliphatic carbocycles. The fraction of sp³-hybridized carbons (Fsp3) is 0.615. The van der Waals surface area contributed by atoms with Gasteiger partial charge in [-0.15, -0.1) is 0 Å². The van der Waals surface area contributed by atoms with Gasteiger partial charge in [0.15, 0.2) is 5.82 Å². The summed E-state index contributed by atoms with van der Waals surface area (Å²) in [7, 11) is 0. The Labute approximate surface area is 111 Å². The number of aromatic nitrogens is 2. The Morgan fingerprint density at radius 2 is 2.05 bits per heavy atom. The Bertz CT molecular complexity index is 490. The maximum atomic E-state index is 11.6. The van der Waals surface area contributed by atoms with E-state index >= 15 is 0 Å². The van der Waals surface area contributed by atoms with Gasteiger partial charge in [-0.2, -0.15) is 0 Å². The summed E-state index contributed by atoms with van der Waals surface area (Å²) < 4.78 is 0. The number of carbonyl (C=O) groups is 1. The first-order chi connectivity index (χ1) is 9.14. The Kier molecular flexibility index (Phi) is 4.19. The lowest BCUT2D eigenvalue weighted by molar-refractivity contribution is -0.149. The Morgan fingerprint density at radius 1 is 1.37 bits per heavy atom. The molecule has 1 heterocycles. The molecule has 0 radical (unpaired) electrons. The molecule has 0 saturated heterocycles. The molecule has 1 aromatic heterocycles. The van der Waals surface area contributed by atoms with Crippen molar-refractivity contribution in [2.75, 3.05) is 11.9 Å². The highest BCUT2D eigenvalue weighted by Gasteiger charge is 2.38. The van der Waals surface area contributed by atoms with Crippen LogP contribution in [0.15, 0.2) is 17.2 Å². The number of aliphatic carboxylic acids is 1. The number of nitrogens with zero attached hydrogens (tertiary/aromatic N) is 1. The molecule has 1 saturated carbocycles. The molecule has 2 rings (SSSR count). The minimum atomic E-state index is -0.783. The fourth-order valence-corrected chi connectivity index (χ4v) is 2.60. The van der Waals surface area contributed by atoms with Gasteiger partial charge >= 0.3 is 5.97 Å². The van der Waals surface area contributed by atoms with Gasteiger partial charge in [0.25, 0.3) is 5.56 Å². The minimum Gasteiger partial charge on any atom is -0.481 e. The summed E-state index contributed by atoms with van der Waals surface area (Å²) in [5, 5.41) is 12.4. The van der Waals surface area contributed by atoms with Crippen molar-refractivity contribution in [1.82, 2.24) is 9.97 Å². The van der Waals surface area contributed by atoms with Gasteiger partial charge in [-0.3, -0.25) is 9.59 Å². The molecule has 0 aliphatic heterocycles. The summed E-state index contributed by atoms with van der Waals surface area (Å²) in [5.74, 6) is -0.596. The number of rotatable bonds is 4. The second-order valence-corrected chi connectivity index (χ2v) is 5.12. The molecule has 1 aliphatic rings. The second kappa shape index (κ2) is 5.86. The second-order valence-electron chi connectivity index (χ2n) is 5.12. The van der Waals surface area contributed by atoms with Crippen molar-refractivity contribution in [3.8, 4) is 0 Å². The first-order valence-electron chi connectivity index (χ1n) is 6.65. The zero-order valence-electron chi connectivity index (χ0n) is 10.8. The summed E-state index contributed by atoms with van der Waals surface area (Å²) in [6.07, 6.45) is 8.24. The molecule has 19 heavy (non-hydrogen) atoms. The van der Waals surface area contributed by atoms with Crippen LogP contribution in [0.25, 0.3) is 0 Å². The summed E-state index contributed by atoms with van der Waals surface area (Å²) in [5.41, 5.74) is -1.10. The van der Waals surface area contributed by atoms with Crippen molar-refractivity contribution >= 4 is 11.8 Å². The van der Waals surface area contributed by atoms with Crippen LogP contribution in [0.5, 0.6) is 0 Å². The zero-order chi connectivity index (χ0) is 13.7. The lowest BCUT2D eigenvalue weighted by atomic mass is 9.80. The van der Waals surface area contributed by atoms with Crippen LogP contribution in [-0.4, -0.2) is 27.6 Å². The summed E-state index contributed by atoms with van der Waals surface area (Å²) >= 11 is 0. The summed E-state index contributed by atoms with van der Waals surface area (Å²) in [4.78, 5) is 29.5.